The average molecular weight is 987 g/mol. The van der Waals surface area contributed by atoms with Gasteiger partial charge in [-0.05, 0) is 96.8 Å². The molecular weight excluding hydrogens is 930 g/mol. The second-order valence-electron chi connectivity index (χ2n) is 19.3. The number of ether oxygens (including phenoxy) is 2. The first-order valence-corrected chi connectivity index (χ1v) is 24.7. The number of hydrogen-bond acceptors (Lipinski definition) is 12. The number of rotatable bonds is 14. The average Bonchev–Trinajstić information content (AvgIpc) is 3.79. The molecule has 20 heteroatoms. The Morgan fingerprint density at radius 3 is 2.51 bits per heavy atom. The number of pyridine rings is 1. The SMILES string of the molecule is Cc1cc(C(F)(F)F)ccc1C1=C(CN2CCN(c3ccc(C(=O)NS(=O)(=O)c4ccc(NCC5CN(C(=O)C(C)C)CCO5)c([N+](=O)[O-])c4)c(Oc4cnc5[nH]ccc5c4)c3)CC2)CCC(C)(C)C1. The molecule has 5 aromatic rings. The maximum absolute atomic E-state index is 14.0. The summed E-state index contributed by atoms with van der Waals surface area (Å²) >= 11 is 0. The van der Waals surface area contributed by atoms with Gasteiger partial charge in [0, 0.05) is 87.7 Å². The number of anilines is 2. The number of aromatic amines is 1. The molecule has 1 aliphatic carbocycles. The number of nitrogens with one attached hydrogen (secondary N) is 3. The van der Waals surface area contributed by atoms with E-state index in [1.807, 2.05) is 0 Å². The van der Waals surface area contributed by atoms with Gasteiger partial charge in [-0.25, -0.2) is 18.1 Å². The Bertz CT molecular complexity index is 2950. The molecule has 70 heavy (non-hydrogen) atoms. The van der Waals surface area contributed by atoms with Crippen LogP contribution in [0, 0.1) is 28.4 Å². The first kappa shape index (κ1) is 49.9. The summed E-state index contributed by atoms with van der Waals surface area (Å²) in [5.41, 5.74) is 3.81. The van der Waals surface area contributed by atoms with Gasteiger partial charge in [0.15, 0.2) is 0 Å². The second-order valence-corrected chi connectivity index (χ2v) is 20.9. The van der Waals surface area contributed by atoms with Crippen LogP contribution in [0.3, 0.4) is 0 Å². The summed E-state index contributed by atoms with van der Waals surface area (Å²) in [6.45, 7) is 14.1. The molecule has 8 rings (SSSR count). The van der Waals surface area contributed by atoms with Crippen molar-refractivity contribution in [3.8, 4) is 11.5 Å². The Balaban J connectivity index is 0.990. The topological polar surface area (TPSA) is 192 Å². The predicted molar refractivity (Wildman–Crippen MR) is 259 cm³/mol. The number of carbonyl (C=O) groups is 2. The summed E-state index contributed by atoms with van der Waals surface area (Å²) in [7, 11) is -4.68. The van der Waals surface area contributed by atoms with Crippen LogP contribution in [-0.4, -0.2) is 110 Å². The van der Waals surface area contributed by atoms with E-state index >= 15 is 0 Å². The Kier molecular flexibility index (Phi) is 14.3. The fourth-order valence-electron chi connectivity index (χ4n) is 9.33. The van der Waals surface area contributed by atoms with Gasteiger partial charge in [-0.3, -0.25) is 24.6 Å². The zero-order valence-electron chi connectivity index (χ0n) is 39.7. The molecule has 3 N–H and O–H groups in total. The highest BCUT2D eigenvalue weighted by Crippen LogP contribution is 2.45. The van der Waals surface area contributed by atoms with Crippen molar-refractivity contribution in [1.29, 1.82) is 0 Å². The van der Waals surface area contributed by atoms with Crippen LogP contribution in [-0.2, 0) is 25.7 Å². The van der Waals surface area contributed by atoms with E-state index in [2.05, 4.69) is 43.7 Å². The van der Waals surface area contributed by atoms with Crippen LogP contribution in [0.25, 0.3) is 16.6 Å². The van der Waals surface area contributed by atoms with Gasteiger partial charge in [0.1, 0.15) is 22.8 Å². The van der Waals surface area contributed by atoms with E-state index in [9.17, 15) is 41.3 Å². The number of hydrogen-bond donors (Lipinski definition) is 3. The molecule has 0 saturated carbocycles. The molecule has 0 bridgehead atoms. The van der Waals surface area contributed by atoms with Gasteiger partial charge in [-0.2, -0.15) is 13.2 Å². The molecule has 2 fully saturated rings. The molecule has 4 heterocycles. The van der Waals surface area contributed by atoms with Gasteiger partial charge in [0.2, 0.25) is 5.91 Å². The molecule has 2 amide bonds. The standard InChI is InChI=1S/C50H57F3N8O8S/c1-31(2)48(63)60-20-21-68-38(30-60)28-55-43-11-8-39(25-44(43)61(64)65)70(66,67)57-47(62)41-10-7-36(24-45(41)69-37-23-33-13-15-54-46(33)56-27-37)59-18-16-58(17-19-59)29-34-12-14-49(4,5)26-42(34)40-9-6-35(22-32(40)3)50(51,52)53/h6-11,13,15,22-25,27,31,38,55H,12,14,16-21,26,28-30H2,1-5H3,(H,54,56)(H,57,62). The number of carbonyl (C=O) groups excluding carboxylic acids is 2. The molecule has 3 aliphatic rings. The molecule has 16 nitrogen and oxygen atoms in total. The Labute approximate surface area is 404 Å². The number of fused-ring (bicyclic) bond motifs is 1. The third-order valence-corrected chi connectivity index (χ3v) is 14.5. The zero-order valence-corrected chi connectivity index (χ0v) is 40.5. The smallest absolute Gasteiger partial charge is 0.416 e. The number of H-pyrrole nitrogens is 1. The molecule has 0 radical (unpaired) electrons. The monoisotopic (exact) mass is 986 g/mol. The molecule has 372 valence electrons. The number of piperazine rings is 1. The van der Waals surface area contributed by atoms with Crippen LogP contribution in [0.2, 0.25) is 0 Å². The van der Waals surface area contributed by atoms with Gasteiger partial charge in [-0.15, -0.1) is 0 Å². The van der Waals surface area contributed by atoms with Crippen LogP contribution < -0.4 is 19.7 Å². The van der Waals surface area contributed by atoms with Gasteiger partial charge < -0.3 is 29.6 Å². The summed E-state index contributed by atoms with van der Waals surface area (Å²) in [6, 6.07) is 15.6. The summed E-state index contributed by atoms with van der Waals surface area (Å²) in [5.74, 6) is -0.946. The predicted octanol–water partition coefficient (Wildman–Crippen LogP) is 8.79. The first-order chi connectivity index (χ1) is 33.1. The lowest BCUT2D eigenvalue weighted by atomic mass is 9.72. The van der Waals surface area contributed by atoms with Crippen LogP contribution in [0.1, 0.15) is 74.0 Å². The number of morpholine rings is 1. The van der Waals surface area contributed by atoms with Crippen LogP contribution in [0.5, 0.6) is 11.5 Å². The maximum Gasteiger partial charge on any atom is 0.416 e. The Hall–Kier alpha value is -6.51. The van der Waals surface area contributed by atoms with Crippen molar-refractivity contribution in [3.63, 3.8) is 0 Å². The number of amides is 2. The van der Waals surface area contributed by atoms with Gasteiger partial charge >= 0.3 is 6.18 Å². The lowest BCUT2D eigenvalue weighted by Crippen LogP contribution is -2.49. The fraction of sp³-hybridized carbons (Fsp3) is 0.420. The number of nitrogens with zero attached hydrogens (tertiary/aromatic N) is 5. The van der Waals surface area contributed by atoms with Crippen molar-refractivity contribution >= 4 is 55.5 Å². The largest absolute Gasteiger partial charge is 0.455 e. The molecule has 1 atom stereocenters. The van der Waals surface area contributed by atoms with Crippen molar-refractivity contribution in [2.45, 2.75) is 71.1 Å². The van der Waals surface area contributed by atoms with Gasteiger partial charge in [0.25, 0.3) is 21.6 Å². The quantitative estimate of drug-likeness (QED) is 0.0709. The minimum Gasteiger partial charge on any atom is -0.455 e. The van der Waals surface area contributed by atoms with Crippen LogP contribution in [0.15, 0.2) is 89.6 Å². The Morgan fingerprint density at radius 2 is 1.80 bits per heavy atom. The lowest BCUT2D eigenvalue weighted by Gasteiger charge is -2.39. The highest BCUT2D eigenvalue weighted by Gasteiger charge is 2.34. The van der Waals surface area contributed by atoms with Crippen LogP contribution >= 0.6 is 0 Å². The molecule has 0 spiro atoms. The van der Waals surface area contributed by atoms with Crippen molar-refractivity contribution < 1.29 is 45.6 Å². The number of aromatic nitrogens is 2. The number of alkyl halides is 3. The van der Waals surface area contributed by atoms with E-state index in [-0.39, 0.29) is 53.1 Å². The highest BCUT2D eigenvalue weighted by molar-refractivity contribution is 7.90. The number of aryl methyl sites for hydroxylation is 1. The van der Waals surface area contributed by atoms with E-state index < -0.39 is 49.3 Å². The number of allylic oxidation sites excluding steroid dienone is 1. The number of nitro benzene ring substituents is 1. The molecular formula is C50H57F3N8O8S. The molecule has 3 aromatic carbocycles. The number of nitro groups is 1. The summed E-state index contributed by atoms with van der Waals surface area (Å²) in [4.78, 5) is 51.1. The maximum atomic E-state index is 14.0. The number of benzene rings is 3. The second kappa shape index (κ2) is 20.1. The third kappa shape index (κ3) is 11.4. The van der Waals surface area contributed by atoms with E-state index in [4.69, 9.17) is 9.47 Å². The number of halogens is 3. The lowest BCUT2D eigenvalue weighted by molar-refractivity contribution is -0.384. The Morgan fingerprint density at radius 1 is 1.03 bits per heavy atom. The number of sulfonamides is 1. The van der Waals surface area contributed by atoms with Crippen molar-refractivity contribution in [3.05, 3.63) is 117 Å². The van der Waals surface area contributed by atoms with E-state index in [1.54, 1.807) is 62.2 Å². The molecule has 2 saturated heterocycles. The third-order valence-electron chi connectivity index (χ3n) is 13.2. The minimum atomic E-state index is -4.68. The minimum absolute atomic E-state index is 0.000221. The summed E-state index contributed by atoms with van der Waals surface area (Å²) in [5, 5.41) is 15.9. The van der Waals surface area contributed by atoms with Crippen LogP contribution in [0.4, 0.5) is 30.2 Å². The van der Waals surface area contributed by atoms with E-state index in [0.717, 1.165) is 47.9 Å². The molecule has 1 unspecified atom stereocenters. The van der Waals surface area contributed by atoms with Crippen molar-refractivity contribution in [2.24, 2.45) is 11.3 Å². The van der Waals surface area contributed by atoms with E-state index in [1.165, 1.54) is 36.0 Å². The summed E-state index contributed by atoms with van der Waals surface area (Å²) < 4.78 is 82.4. The van der Waals surface area contributed by atoms with Crippen molar-refractivity contribution in [2.75, 3.05) is 69.2 Å². The molecule has 2 aliphatic heterocycles. The van der Waals surface area contributed by atoms with E-state index in [0.29, 0.717) is 62.8 Å². The molecule has 2 aromatic heterocycles. The van der Waals surface area contributed by atoms with Gasteiger partial charge in [-0.1, -0.05) is 39.3 Å². The highest BCUT2D eigenvalue weighted by atomic mass is 32.2. The summed E-state index contributed by atoms with van der Waals surface area (Å²) in [6.07, 6.45) is 0.865. The van der Waals surface area contributed by atoms with Gasteiger partial charge in [0.05, 0.1) is 39.9 Å². The van der Waals surface area contributed by atoms with Crippen molar-refractivity contribution in [1.82, 2.24) is 24.5 Å². The fourth-order valence-corrected chi connectivity index (χ4v) is 10.3. The zero-order chi connectivity index (χ0) is 50.1. The normalized spacial score (nSPS) is 18.0. The first-order valence-electron chi connectivity index (χ1n) is 23.3.